The number of nitrogens with one attached hydrogen (secondary N) is 1. The monoisotopic (exact) mass is 539 g/mol. The summed E-state index contributed by atoms with van der Waals surface area (Å²) in [6, 6.07) is 8.79. The molecule has 3 aliphatic heterocycles. The van der Waals surface area contributed by atoms with Crippen molar-refractivity contribution in [3.05, 3.63) is 62.9 Å². The first kappa shape index (κ1) is 26.0. The van der Waals surface area contributed by atoms with Crippen LogP contribution < -0.4 is 21.2 Å². The number of thioether (sulfide) groups is 1. The lowest BCUT2D eigenvalue weighted by molar-refractivity contribution is -0.0311. The van der Waals surface area contributed by atoms with E-state index in [9.17, 15) is 9.59 Å². The van der Waals surface area contributed by atoms with Crippen LogP contribution in [-0.4, -0.2) is 63.8 Å². The molecule has 0 radical (unpaired) electrons. The Morgan fingerprint density at radius 3 is 2.80 bits per heavy atom. The van der Waals surface area contributed by atoms with Gasteiger partial charge in [-0.05, 0) is 18.2 Å². The molecule has 12 heteroatoms. The zero-order chi connectivity index (χ0) is 22.4. The van der Waals surface area contributed by atoms with Gasteiger partial charge in [0, 0.05) is 56.8 Å². The molecule has 3 aromatic rings. The Balaban J connectivity index is 0.00000144. The smallest absolute Gasteiger partial charge is 0.252 e. The molecule has 9 nitrogen and oxygen atoms in total. The van der Waals surface area contributed by atoms with Gasteiger partial charge in [0.05, 0.1) is 35.5 Å². The van der Waals surface area contributed by atoms with Crippen molar-refractivity contribution < 1.29 is 9.47 Å². The normalized spacial score (nSPS) is 20.7. The summed E-state index contributed by atoms with van der Waals surface area (Å²) >= 11 is 1.69. The summed E-state index contributed by atoms with van der Waals surface area (Å²) in [4.78, 5) is 33.0. The number of aromatic nitrogens is 3. The van der Waals surface area contributed by atoms with Gasteiger partial charge in [-0.15, -0.1) is 24.8 Å². The fourth-order valence-corrected chi connectivity index (χ4v) is 5.75. The molecule has 6 heterocycles. The lowest BCUT2D eigenvalue weighted by atomic mass is 10.2. The highest BCUT2D eigenvalue weighted by atomic mass is 35.5. The highest BCUT2D eigenvalue weighted by Crippen LogP contribution is 2.35. The fourth-order valence-electron chi connectivity index (χ4n) is 4.96. The third-order valence-corrected chi connectivity index (χ3v) is 7.37. The molecule has 1 fully saturated rings. The van der Waals surface area contributed by atoms with Gasteiger partial charge in [-0.1, -0.05) is 11.8 Å². The first-order chi connectivity index (χ1) is 16.2. The van der Waals surface area contributed by atoms with E-state index in [0.29, 0.717) is 32.2 Å². The molecular weight excluding hydrogens is 513 g/mol. The zero-order valence-electron chi connectivity index (χ0n) is 18.9. The van der Waals surface area contributed by atoms with E-state index in [0.717, 1.165) is 47.0 Å². The minimum absolute atomic E-state index is 0. The van der Waals surface area contributed by atoms with Gasteiger partial charge in [0.25, 0.3) is 11.1 Å². The molecule has 2 atom stereocenters. The second-order valence-electron chi connectivity index (χ2n) is 8.67. The van der Waals surface area contributed by atoms with Crippen molar-refractivity contribution in [3.63, 3.8) is 0 Å². The van der Waals surface area contributed by atoms with E-state index in [2.05, 4.69) is 21.3 Å². The van der Waals surface area contributed by atoms with Crippen LogP contribution in [0, 0.1) is 0 Å². The number of morpholine rings is 1. The third-order valence-electron chi connectivity index (χ3n) is 6.50. The van der Waals surface area contributed by atoms with Crippen LogP contribution in [0.4, 0.5) is 0 Å². The molecule has 0 saturated carbocycles. The lowest BCUT2D eigenvalue weighted by Gasteiger charge is -2.34. The van der Waals surface area contributed by atoms with Crippen LogP contribution in [0.15, 0.2) is 51.0 Å². The molecule has 6 rings (SSSR count). The van der Waals surface area contributed by atoms with E-state index in [4.69, 9.17) is 9.47 Å². The summed E-state index contributed by atoms with van der Waals surface area (Å²) < 4.78 is 15.0. The van der Waals surface area contributed by atoms with Gasteiger partial charge in [-0.25, -0.2) is 0 Å². The summed E-state index contributed by atoms with van der Waals surface area (Å²) in [5.74, 6) is 1.52. The van der Waals surface area contributed by atoms with Crippen LogP contribution in [0.25, 0.3) is 11.0 Å². The largest absolute Gasteiger partial charge is 0.480 e. The topological polar surface area (TPSA) is 90.6 Å². The van der Waals surface area contributed by atoms with Crippen LogP contribution in [0.3, 0.4) is 0 Å². The van der Waals surface area contributed by atoms with E-state index in [-0.39, 0.29) is 48.1 Å². The van der Waals surface area contributed by atoms with Crippen LogP contribution in [-0.2, 0) is 17.8 Å². The predicted molar refractivity (Wildman–Crippen MR) is 139 cm³/mol. The van der Waals surface area contributed by atoms with E-state index < -0.39 is 0 Å². The van der Waals surface area contributed by atoms with Crippen molar-refractivity contribution in [1.82, 2.24) is 24.3 Å². The van der Waals surface area contributed by atoms with Crippen molar-refractivity contribution in [2.24, 2.45) is 0 Å². The van der Waals surface area contributed by atoms with Gasteiger partial charge in [0.15, 0.2) is 5.75 Å². The van der Waals surface area contributed by atoms with Gasteiger partial charge >= 0.3 is 0 Å². The average molecular weight is 540 g/mol. The van der Waals surface area contributed by atoms with Gasteiger partial charge < -0.3 is 14.8 Å². The number of hydrogen-bond donors (Lipinski definition) is 1. The standard InChI is InChI=1S/C23H25N5O4S.2ClH/c29-21-3-1-15-2-4-22(30)28-17(12-27(21)23(15)28)11-26-5-6-31-18(13-26)9-24-8-16-7-20-19(10-25-16)32-14-33-20;;/h1-4,7,10,17-18,24H,5-6,8-9,11-14H2;2*1H/t17-,18+;;/m1../s1. The molecule has 3 aliphatic rings. The number of ether oxygens (including phenoxy) is 2. The van der Waals surface area contributed by atoms with E-state index in [1.165, 1.54) is 0 Å². The van der Waals surface area contributed by atoms with E-state index in [1.807, 2.05) is 0 Å². The van der Waals surface area contributed by atoms with Crippen molar-refractivity contribution >= 4 is 47.6 Å². The Hall–Kier alpha value is -2.08. The molecule has 3 aromatic heterocycles. The molecule has 1 saturated heterocycles. The number of fused-ring (bicyclic) bond motifs is 1. The van der Waals surface area contributed by atoms with Crippen molar-refractivity contribution in [2.75, 3.05) is 38.7 Å². The van der Waals surface area contributed by atoms with E-state index >= 15 is 0 Å². The molecule has 1 N–H and O–H groups in total. The number of hydrogen-bond acceptors (Lipinski definition) is 8. The molecule has 188 valence electrons. The quantitative estimate of drug-likeness (QED) is 0.507. The second-order valence-corrected chi connectivity index (χ2v) is 9.63. The molecule has 0 unspecified atom stereocenters. The number of pyridine rings is 3. The lowest BCUT2D eigenvalue weighted by Crippen LogP contribution is -2.48. The highest BCUT2D eigenvalue weighted by molar-refractivity contribution is 7.99. The SMILES string of the molecule is Cl.Cl.O=c1ccc2ccc(=O)n3c2n1C[C@H]3CN1CCO[C@@H](CNCc2cc3c(cn2)OCS3)C1. The zero-order valence-corrected chi connectivity index (χ0v) is 21.4. The Bertz CT molecular complexity index is 1330. The Kier molecular flexibility index (Phi) is 8.09. The molecule has 0 aliphatic carbocycles. The van der Waals surface area contributed by atoms with Crippen LogP contribution in [0.1, 0.15) is 11.7 Å². The van der Waals surface area contributed by atoms with Crippen molar-refractivity contribution in [3.8, 4) is 5.75 Å². The Morgan fingerprint density at radius 2 is 1.94 bits per heavy atom. The number of nitrogens with zero attached hydrogens (tertiary/aromatic N) is 4. The summed E-state index contributed by atoms with van der Waals surface area (Å²) in [6.45, 7) is 4.87. The third kappa shape index (κ3) is 5.09. The molecule has 0 spiro atoms. The van der Waals surface area contributed by atoms with Gasteiger partial charge in [0.1, 0.15) is 11.6 Å². The molecule has 0 bridgehead atoms. The highest BCUT2D eigenvalue weighted by Gasteiger charge is 2.29. The number of rotatable bonds is 6. The van der Waals surface area contributed by atoms with Crippen LogP contribution in [0.2, 0.25) is 0 Å². The maximum Gasteiger partial charge on any atom is 0.252 e. The van der Waals surface area contributed by atoms with E-state index in [1.54, 1.807) is 51.4 Å². The summed E-state index contributed by atoms with van der Waals surface area (Å²) in [5.41, 5.74) is 1.61. The first-order valence-corrected chi connectivity index (χ1v) is 12.2. The average Bonchev–Trinajstić information content (AvgIpc) is 3.44. The van der Waals surface area contributed by atoms with Gasteiger partial charge in [-0.3, -0.25) is 28.6 Å². The molecule has 0 aromatic carbocycles. The maximum absolute atomic E-state index is 12.7. The molecular formula is C23H27Cl2N5O4S. The molecule has 0 amide bonds. The van der Waals surface area contributed by atoms with Crippen molar-refractivity contribution in [2.45, 2.75) is 30.1 Å². The van der Waals surface area contributed by atoms with Crippen LogP contribution in [0.5, 0.6) is 5.75 Å². The van der Waals surface area contributed by atoms with Crippen LogP contribution >= 0.6 is 36.6 Å². The maximum atomic E-state index is 12.7. The summed E-state index contributed by atoms with van der Waals surface area (Å²) in [6.07, 6.45) is 1.85. The predicted octanol–water partition coefficient (Wildman–Crippen LogP) is 1.89. The Morgan fingerprint density at radius 1 is 1.11 bits per heavy atom. The second kappa shape index (κ2) is 10.9. The minimum atomic E-state index is -0.0571. The fraction of sp³-hybridized carbons (Fsp3) is 0.435. The van der Waals surface area contributed by atoms with Crippen molar-refractivity contribution in [1.29, 1.82) is 0 Å². The summed E-state index contributed by atoms with van der Waals surface area (Å²) in [7, 11) is 0. The summed E-state index contributed by atoms with van der Waals surface area (Å²) in [5, 5.41) is 4.38. The van der Waals surface area contributed by atoms with Gasteiger partial charge in [-0.2, -0.15) is 0 Å². The van der Waals surface area contributed by atoms with Gasteiger partial charge in [0.2, 0.25) is 0 Å². The number of halogens is 2. The Labute approximate surface area is 218 Å². The minimum Gasteiger partial charge on any atom is -0.480 e. The molecule has 35 heavy (non-hydrogen) atoms. The first-order valence-electron chi connectivity index (χ1n) is 11.2.